The van der Waals surface area contributed by atoms with Gasteiger partial charge in [-0.1, -0.05) is 22.9 Å². The van der Waals surface area contributed by atoms with Gasteiger partial charge in [0.1, 0.15) is 0 Å². The van der Waals surface area contributed by atoms with Gasteiger partial charge < -0.3 is 5.11 Å². The van der Waals surface area contributed by atoms with E-state index < -0.39 is 5.97 Å². The van der Waals surface area contributed by atoms with E-state index in [2.05, 4.69) is 16.4 Å². The standard InChI is InChI=1S/C13H15N3O2/c1-9-3-5-12(10(2)7-9)16-8-11(14-15-16)4-6-13(17)18/h3,5,7-8H,4,6H2,1-2H3,(H,17,18). The maximum atomic E-state index is 10.5. The van der Waals surface area contributed by atoms with Crippen molar-refractivity contribution in [2.75, 3.05) is 0 Å². The van der Waals surface area contributed by atoms with Crippen molar-refractivity contribution < 1.29 is 9.90 Å². The lowest BCUT2D eigenvalue weighted by Gasteiger charge is -2.05. The van der Waals surface area contributed by atoms with Gasteiger partial charge in [-0.05, 0) is 25.5 Å². The molecule has 18 heavy (non-hydrogen) atoms. The molecule has 2 rings (SSSR count). The number of benzene rings is 1. The number of rotatable bonds is 4. The van der Waals surface area contributed by atoms with Gasteiger partial charge in [0.05, 0.1) is 24.0 Å². The van der Waals surface area contributed by atoms with Gasteiger partial charge in [0.2, 0.25) is 0 Å². The van der Waals surface area contributed by atoms with Crippen LogP contribution in [-0.4, -0.2) is 26.1 Å². The Labute approximate surface area is 105 Å². The molecule has 0 radical (unpaired) electrons. The van der Waals surface area contributed by atoms with Crippen LogP contribution in [0, 0.1) is 13.8 Å². The zero-order valence-corrected chi connectivity index (χ0v) is 10.4. The number of hydrogen-bond acceptors (Lipinski definition) is 3. The number of aliphatic carboxylic acids is 1. The van der Waals surface area contributed by atoms with Gasteiger partial charge in [0, 0.05) is 6.42 Å². The van der Waals surface area contributed by atoms with E-state index in [0.29, 0.717) is 12.1 Å². The van der Waals surface area contributed by atoms with Gasteiger partial charge in [-0.25, -0.2) is 4.68 Å². The molecule has 1 aromatic carbocycles. The fraction of sp³-hybridized carbons (Fsp3) is 0.308. The quantitative estimate of drug-likeness (QED) is 0.893. The normalized spacial score (nSPS) is 10.6. The summed E-state index contributed by atoms with van der Waals surface area (Å²) in [4.78, 5) is 10.5. The summed E-state index contributed by atoms with van der Waals surface area (Å²) in [6, 6.07) is 6.08. The second-order valence-electron chi connectivity index (χ2n) is 4.34. The van der Waals surface area contributed by atoms with Crippen LogP contribution in [0.25, 0.3) is 5.69 Å². The van der Waals surface area contributed by atoms with Crippen LogP contribution in [0.1, 0.15) is 23.2 Å². The number of hydrogen-bond donors (Lipinski definition) is 1. The Bertz CT molecular complexity index is 575. The van der Waals surface area contributed by atoms with Crippen LogP contribution in [0.3, 0.4) is 0 Å². The van der Waals surface area contributed by atoms with E-state index in [0.717, 1.165) is 11.3 Å². The van der Waals surface area contributed by atoms with Gasteiger partial charge in [-0.15, -0.1) is 5.10 Å². The Hall–Kier alpha value is -2.17. The largest absolute Gasteiger partial charge is 0.481 e. The average Bonchev–Trinajstić information content (AvgIpc) is 2.75. The van der Waals surface area contributed by atoms with Crippen LogP contribution in [0.15, 0.2) is 24.4 Å². The highest BCUT2D eigenvalue weighted by Gasteiger charge is 2.07. The summed E-state index contributed by atoms with van der Waals surface area (Å²) in [7, 11) is 0. The van der Waals surface area contributed by atoms with Crippen molar-refractivity contribution in [3.8, 4) is 5.69 Å². The van der Waals surface area contributed by atoms with E-state index in [1.165, 1.54) is 5.56 Å². The van der Waals surface area contributed by atoms with Crippen LogP contribution in [-0.2, 0) is 11.2 Å². The predicted molar refractivity (Wildman–Crippen MR) is 66.8 cm³/mol. The maximum Gasteiger partial charge on any atom is 0.303 e. The zero-order chi connectivity index (χ0) is 13.1. The van der Waals surface area contributed by atoms with Gasteiger partial charge >= 0.3 is 5.97 Å². The number of carboxylic acids is 1. The summed E-state index contributed by atoms with van der Waals surface area (Å²) < 4.78 is 1.69. The molecule has 0 spiro atoms. The number of aryl methyl sites for hydroxylation is 3. The summed E-state index contributed by atoms with van der Waals surface area (Å²) in [5.74, 6) is -0.823. The molecular weight excluding hydrogens is 230 g/mol. The van der Waals surface area contributed by atoms with Crippen LogP contribution < -0.4 is 0 Å². The number of carbonyl (C=O) groups is 1. The molecule has 0 aliphatic heterocycles. The van der Waals surface area contributed by atoms with Crippen LogP contribution in [0.4, 0.5) is 0 Å². The molecule has 1 aromatic heterocycles. The zero-order valence-electron chi connectivity index (χ0n) is 10.4. The molecule has 1 N–H and O–H groups in total. The summed E-state index contributed by atoms with van der Waals surface area (Å²) in [5.41, 5.74) is 3.97. The topological polar surface area (TPSA) is 68.0 Å². The van der Waals surface area contributed by atoms with Crippen LogP contribution in [0.2, 0.25) is 0 Å². The SMILES string of the molecule is Cc1ccc(-n2cc(CCC(=O)O)nn2)c(C)c1. The van der Waals surface area contributed by atoms with Gasteiger partial charge in [0.25, 0.3) is 0 Å². The van der Waals surface area contributed by atoms with Crippen molar-refractivity contribution >= 4 is 5.97 Å². The van der Waals surface area contributed by atoms with Gasteiger partial charge in [0.15, 0.2) is 0 Å². The first-order valence-electron chi connectivity index (χ1n) is 5.77. The second kappa shape index (κ2) is 5.00. The first-order valence-corrected chi connectivity index (χ1v) is 5.77. The molecular formula is C13H15N3O2. The molecule has 5 nitrogen and oxygen atoms in total. The third-order valence-corrected chi connectivity index (χ3v) is 2.73. The highest BCUT2D eigenvalue weighted by molar-refractivity contribution is 5.66. The monoisotopic (exact) mass is 245 g/mol. The van der Waals surface area contributed by atoms with Gasteiger partial charge in [-0.2, -0.15) is 0 Å². The Morgan fingerprint density at radius 1 is 1.39 bits per heavy atom. The summed E-state index contributed by atoms with van der Waals surface area (Å²) in [6.07, 6.45) is 2.26. The number of carboxylic acid groups (broad SMARTS) is 1. The number of aromatic nitrogens is 3. The average molecular weight is 245 g/mol. The van der Waals surface area contributed by atoms with E-state index in [1.807, 2.05) is 26.0 Å². The minimum absolute atomic E-state index is 0.0750. The first kappa shape index (κ1) is 12.3. The lowest BCUT2D eigenvalue weighted by Crippen LogP contribution is -1.98. The van der Waals surface area contributed by atoms with Crippen molar-refractivity contribution in [2.45, 2.75) is 26.7 Å². The van der Waals surface area contributed by atoms with E-state index in [1.54, 1.807) is 10.9 Å². The van der Waals surface area contributed by atoms with Crippen molar-refractivity contribution in [1.29, 1.82) is 0 Å². The smallest absolute Gasteiger partial charge is 0.303 e. The Kier molecular flexibility index (Phi) is 3.41. The highest BCUT2D eigenvalue weighted by atomic mass is 16.4. The second-order valence-corrected chi connectivity index (χ2v) is 4.34. The molecule has 5 heteroatoms. The van der Waals surface area contributed by atoms with Gasteiger partial charge in [-0.3, -0.25) is 4.79 Å². The molecule has 0 aliphatic carbocycles. The minimum atomic E-state index is -0.823. The van der Waals surface area contributed by atoms with E-state index >= 15 is 0 Å². The van der Waals surface area contributed by atoms with Crippen molar-refractivity contribution in [3.05, 3.63) is 41.2 Å². The summed E-state index contributed by atoms with van der Waals surface area (Å²) in [5, 5.41) is 16.6. The maximum absolute atomic E-state index is 10.5. The first-order chi connectivity index (χ1) is 8.56. The van der Waals surface area contributed by atoms with Crippen molar-refractivity contribution in [2.24, 2.45) is 0 Å². The third kappa shape index (κ3) is 2.74. The molecule has 1 heterocycles. The Balaban J connectivity index is 2.21. The minimum Gasteiger partial charge on any atom is -0.481 e. The number of nitrogens with zero attached hydrogens (tertiary/aromatic N) is 3. The molecule has 2 aromatic rings. The van der Waals surface area contributed by atoms with Crippen LogP contribution in [0.5, 0.6) is 0 Å². The molecule has 0 bridgehead atoms. The lowest BCUT2D eigenvalue weighted by molar-refractivity contribution is -0.136. The Morgan fingerprint density at radius 2 is 2.17 bits per heavy atom. The lowest BCUT2D eigenvalue weighted by atomic mass is 10.1. The van der Waals surface area contributed by atoms with Crippen molar-refractivity contribution in [3.63, 3.8) is 0 Å². The molecule has 0 saturated carbocycles. The molecule has 0 aliphatic rings. The molecule has 0 fully saturated rings. The highest BCUT2D eigenvalue weighted by Crippen LogP contribution is 2.15. The molecule has 0 unspecified atom stereocenters. The molecule has 0 amide bonds. The third-order valence-electron chi connectivity index (χ3n) is 2.73. The van der Waals surface area contributed by atoms with Crippen molar-refractivity contribution in [1.82, 2.24) is 15.0 Å². The molecule has 0 saturated heterocycles. The fourth-order valence-electron chi connectivity index (χ4n) is 1.83. The van der Waals surface area contributed by atoms with E-state index in [4.69, 9.17) is 5.11 Å². The molecule has 94 valence electrons. The summed E-state index contributed by atoms with van der Waals surface area (Å²) >= 11 is 0. The van der Waals surface area contributed by atoms with Crippen LogP contribution >= 0.6 is 0 Å². The van der Waals surface area contributed by atoms with E-state index in [9.17, 15) is 4.79 Å². The molecule has 0 atom stereocenters. The Morgan fingerprint density at radius 3 is 2.83 bits per heavy atom. The van der Waals surface area contributed by atoms with E-state index in [-0.39, 0.29) is 6.42 Å². The fourth-order valence-corrected chi connectivity index (χ4v) is 1.83. The predicted octanol–water partition coefficient (Wildman–Crippen LogP) is 1.90. The summed E-state index contributed by atoms with van der Waals surface area (Å²) in [6.45, 7) is 4.05.